The first-order valence-electron chi connectivity index (χ1n) is 10.4. The molecule has 7 nitrogen and oxygen atoms in total. The predicted octanol–water partition coefficient (Wildman–Crippen LogP) is 6.10. The van der Waals surface area contributed by atoms with Crippen molar-refractivity contribution in [2.45, 2.75) is 12.8 Å². The number of benzene rings is 2. The SMILES string of the molecule is O=C(NCCCCNc1cc(-c2ccccc2Cl)nc2c(Br)cnn12)Nc1cc(F)cc(F)c1. The van der Waals surface area contributed by atoms with Crippen LogP contribution < -0.4 is 16.0 Å². The summed E-state index contributed by atoms with van der Waals surface area (Å²) in [6, 6.07) is 11.7. The predicted molar refractivity (Wildman–Crippen MR) is 132 cm³/mol. The first kappa shape index (κ1) is 23.9. The van der Waals surface area contributed by atoms with Gasteiger partial charge in [0.15, 0.2) is 5.65 Å². The van der Waals surface area contributed by atoms with Crippen LogP contribution in [0.1, 0.15) is 12.8 Å². The molecule has 2 heterocycles. The molecule has 0 bridgehead atoms. The molecule has 0 atom stereocenters. The van der Waals surface area contributed by atoms with Crippen LogP contribution in [0.4, 0.5) is 25.1 Å². The maximum atomic E-state index is 13.2. The van der Waals surface area contributed by atoms with Gasteiger partial charge < -0.3 is 16.0 Å². The van der Waals surface area contributed by atoms with E-state index in [9.17, 15) is 13.6 Å². The summed E-state index contributed by atoms with van der Waals surface area (Å²) in [6.45, 7) is 1.02. The second kappa shape index (κ2) is 10.8. The van der Waals surface area contributed by atoms with Crippen molar-refractivity contribution in [3.05, 3.63) is 75.9 Å². The van der Waals surface area contributed by atoms with Gasteiger partial charge in [-0.05, 0) is 47.0 Å². The summed E-state index contributed by atoms with van der Waals surface area (Å²) < 4.78 is 28.9. The fourth-order valence-corrected chi connectivity index (χ4v) is 3.92. The lowest BCUT2D eigenvalue weighted by Gasteiger charge is -2.12. The number of carbonyl (C=O) groups excluding carboxylic acids is 1. The molecule has 0 saturated carbocycles. The number of unbranched alkanes of at least 4 members (excludes halogenated alkanes) is 1. The number of aromatic nitrogens is 3. The van der Waals surface area contributed by atoms with Crippen molar-refractivity contribution in [1.29, 1.82) is 0 Å². The van der Waals surface area contributed by atoms with Crippen LogP contribution in [0.25, 0.3) is 16.9 Å². The van der Waals surface area contributed by atoms with Crippen LogP contribution in [-0.4, -0.2) is 33.7 Å². The summed E-state index contributed by atoms with van der Waals surface area (Å²) in [7, 11) is 0. The molecular weight excluding hydrogens is 530 g/mol. The van der Waals surface area contributed by atoms with Crippen LogP contribution in [0.2, 0.25) is 5.02 Å². The fraction of sp³-hybridized carbons (Fsp3) is 0.174. The zero-order valence-corrected chi connectivity index (χ0v) is 20.1. The Bertz CT molecular complexity index is 1310. The molecule has 2 amide bonds. The van der Waals surface area contributed by atoms with E-state index in [4.69, 9.17) is 11.6 Å². The Balaban J connectivity index is 1.31. The Morgan fingerprint density at radius 2 is 1.79 bits per heavy atom. The summed E-state index contributed by atoms with van der Waals surface area (Å²) >= 11 is 9.84. The maximum absolute atomic E-state index is 13.2. The van der Waals surface area contributed by atoms with Gasteiger partial charge in [-0.25, -0.2) is 18.6 Å². The number of rotatable bonds is 8. The molecule has 3 N–H and O–H groups in total. The van der Waals surface area contributed by atoms with Crippen LogP contribution >= 0.6 is 27.5 Å². The molecule has 0 fully saturated rings. The van der Waals surface area contributed by atoms with Gasteiger partial charge >= 0.3 is 6.03 Å². The monoisotopic (exact) mass is 548 g/mol. The zero-order valence-electron chi connectivity index (χ0n) is 17.8. The van der Waals surface area contributed by atoms with Gasteiger partial charge in [-0.3, -0.25) is 0 Å². The van der Waals surface area contributed by atoms with Gasteiger partial charge in [0.25, 0.3) is 0 Å². The first-order chi connectivity index (χ1) is 16.4. The second-order valence-corrected chi connectivity index (χ2v) is 8.67. The number of fused-ring (bicyclic) bond motifs is 1. The topological polar surface area (TPSA) is 83.3 Å². The minimum absolute atomic E-state index is 0.0538. The van der Waals surface area contributed by atoms with E-state index < -0.39 is 17.7 Å². The van der Waals surface area contributed by atoms with E-state index in [1.54, 1.807) is 10.7 Å². The third-order valence-corrected chi connectivity index (χ3v) is 5.78. The summed E-state index contributed by atoms with van der Waals surface area (Å²) in [5, 5.41) is 13.4. The summed E-state index contributed by atoms with van der Waals surface area (Å²) in [4.78, 5) is 16.6. The number of hydrogen-bond donors (Lipinski definition) is 3. The lowest BCUT2D eigenvalue weighted by molar-refractivity contribution is 0.252. The van der Waals surface area contributed by atoms with E-state index in [1.165, 1.54) is 0 Å². The summed E-state index contributed by atoms with van der Waals surface area (Å²) in [6.07, 6.45) is 3.12. The van der Waals surface area contributed by atoms with Crippen LogP contribution in [0.3, 0.4) is 0 Å². The van der Waals surface area contributed by atoms with Crippen molar-refractivity contribution in [3.63, 3.8) is 0 Å². The van der Waals surface area contributed by atoms with Gasteiger partial charge in [-0.15, -0.1) is 0 Å². The molecule has 0 spiro atoms. The number of urea groups is 1. The van der Waals surface area contributed by atoms with Gasteiger partial charge in [0.1, 0.15) is 17.5 Å². The van der Waals surface area contributed by atoms with Crippen LogP contribution in [-0.2, 0) is 0 Å². The highest BCUT2D eigenvalue weighted by atomic mass is 79.9. The number of nitrogens with one attached hydrogen (secondary N) is 3. The lowest BCUT2D eigenvalue weighted by Crippen LogP contribution is -2.29. The Morgan fingerprint density at radius 3 is 2.56 bits per heavy atom. The minimum atomic E-state index is -0.756. The van der Waals surface area contributed by atoms with Crippen molar-refractivity contribution in [2.75, 3.05) is 23.7 Å². The third-order valence-electron chi connectivity index (χ3n) is 4.89. The van der Waals surface area contributed by atoms with E-state index in [0.717, 1.165) is 40.5 Å². The molecular formula is C23H20BrClF2N6O. The molecule has 0 aliphatic heterocycles. The lowest BCUT2D eigenvalue weighted by atomic mass is 10.1. The Labute approximate surface area is 207 Å². The van der Waals surface area contributed by atoms with Crippen molar-refractivity contribution < 1.29 is 13.6 Å². The van der Waals surface area contributed by atoms with E-state index in [-0.39, 0.29) is 5.69 Å². The second-order valence-electron chi connectivity index (χ2n) is 7.41. The quantitative estimate of drug-likeness (QED) is 0.232. The highest BCUT2D eigenvalue weighted by Gasteiger charge is 2.13. The third kappa shape index (κ3) is 5.81. The first-order valence-corrected chi connectivity index (χ1v) is 11.6. The molecule has 0 saturated heterocycles. The van der Waals surface area contributed by atoms with E-state index >= 15 is 0 Å². The van der Waals surface area contributed by atoms with Crippen molar-refractivity contribution in [1.82, 2.24) is 19.9 Å². The highest BCUT2D eigenvalue weighted by Crippen LogP contribution is 2.30. The average molecular weight is 550 g/mol. The molecule has 2 aromatic heterocycles. The largest absolute Gasteiger partial charge is 0.370 e. The normalized spacial score (nSPS) is 10.9. The van der Waals surface area contributed by atoms with Gasteiger partial charge in [0.05, 0.1) is 16.4 Å². The zero-order chi connectivity index (χ0) is 24.1. The molecule has 2 aromatic carbocycles. The summed E-state index contributed by atoms with van der Waals surface area (Å²) in [5.74, 6) is -0.758. The molecule has 0 aliphatic carbocycles. The number of amides is 2. The number of carbonyl (C=O) groups is 1. The number of halogens is 4. The molecule has 11 heteroatoms. The molecule has 0 aliphatic rings. The molecule has 4 aromatic rings. The van der Waals surface area contributed by atoms with Crippen LogP contribution in [0.15, 0.2) is 59.2 Å². The number of nitrogens with zero attached hydrogens (tertiary/aromatic N) is 3. The molecule has 0 radical (unpaired) electrons. The average Bonchev–Trinajstić information content (AvgIpc) is 3.16. The van der Waals surface area contributed by atoms with E-state index in [2.05, 4.69) is 42.0 Å². The molecule has 176 valence electrons. The van der Waals surface area contributed by atoms with Gasteiger partial charge in [0.2, 0.25) is 0 Å². The maximum Gasteiger partial charge on any atom is 0.319 e. The number of hydrogen-bond acceptors (Lipinski definition) is 4. The van der Waals surface area contributed by atoms with Crippen molar-refractivity contribution >= 4 is 50.7 Å². The smallest absolute Gasteiger partial charge is 0.319 e. The fourth-order valence-electron chi connectivity index (χ4n) is 3.34. The molecule has 4 rings (SSSR count). The molecule has 34 heavy (non-hydrogen) atoms. The Morgan fingerprint density at radius 1 is 1.06 bits per heavy atom. The van der Waals surface area contributed by atoms with Crippen molar-refractivity contribution in [2.24, 2.45) is 0 Å². The Hall–Kier alpha value is -3.24. The van der Waals surface area contributed by atoms with Gasteiger partial charge in [-0.1, -0.05) is 29.8 Å². The van der Waals surface area contributed by atoms with Crippen molar-refractivity contribution in [3.8, 4) is 11.3 Å². The number of anilines is 2. The summed E-state index contributed by atoms with van der Waals surface area (Å²) in [5.41, 5.74) is 2.25. The van der Waals surface area contributed by atoms with Gasteiger partial charge in [0, 0.05) is 41.5 Å². The van der Waals surface area contributed by atoms with Crippen LogP contribution in [0.5, 0.6) is 0 Å². The Kier molecular flexibility index (Phi) is 7.59. The van der Waals surface area contributed by atoms with E-state index in [1.807, 2.05) is 30.3 Å². The highest BCUT2D eigenvalue weighted by molar-refractivity contribution is 9.10. The van der Waals surface area contributed by atoms with Crippen LogP contribution in [0, 0.1) is 11.6 Å². The standard InChI is InChI=1S/C23H20BrClF2N6O/c24-18-13-30-33-21(12-20(32-22(18)33)17-5-1-2-6-19(17)25)28-7-3-4-8-29-23(34)31-16-10-14(26)9-15(27)11-16/h1-2,5-6,9-13,28H,3-4,7-8H2,(H2,29,31,34). The molecule has 0 unspecified atom stereocenters. The van der Waals surface area contributed by atoms with E-state index in [0.29, 0.717) is 35.9 Å². The van der Waals surface area contributed by atoms with Gasteiger partial charge in [-0.2, -0.15) is 9.61 Å². The minimum Gasteiger partial charge on any atom is -0.370 e.